The van der Waals surface area contributed by atoms with Gasteiger partial charge in [0.05, 0.1) is 0 Å². The lowest BCUT2D eigenvalue weighted by Gasteiger charge is -2.31. The lowest BCUT2D eigenvalue weighted by molar-refractivity contribution is 0.227. The number of fused-ring (bicyclic) bond motifs is 4. The molecular weight excluding hydrogens is 216 g/mol. The monoisotopic (exact) mass is 236 g/mol. The molecular formula is C13H20N2S. The minimum atomic E-state index is 0.731. The van der Waals surface area contributed by atoms with Crippen LogP contribution in [0.3, 0.4) is 0 Å². The lowest BCUT2D eigenvalue weighted by atomic mass is 9.98. The van der Waals surface area contributed by atoms with E-state index in [9.17, 15) is 0 Å². The zero-order valence-electron chi connectivity index (χ0n) is 10.1. The van der Waals surface area contributed by atoms with Gasteiger partial charge in [-0.25, -0.2) is 0 Å². The fraction of sp³-hybridized carbons (Fsp3) is 0.692. The highest BCUT2D eigenvalue weighted by atomic mass is 32.1. The molecule has 3 heterocycles. The SMILES string of the molecule is CCNCc1csc2c1CC1CCC2N1C. The van der Waals surface area contributed by atoms with Crippen LogP contribution in [0.5, 0.6) is 0 Å². The van der Waals surface area contributed by atoms with E-state index in [1.54, 1.807) is 16.0 Å². The van der Waals surface area contributed by atoms with Crippen LogP contribution in [0.25, 0.3) is 0 Å². The van der Waals surface area contributed by atoms with Crippen LogP contribution in [-0.2, 0) is 13.0 Å². The average Bonchev–Trinajstić information content (AvgIpc) is 2.77. The molecule has 1 fully saturated rings. The van der Waals surface area contributed by atoms with Gasteiger partial charge in [0.25, 0.3) is 0 Å². The van der Waals surface area contributed by atoms with E-state index in [2.05, 4.69) is 29.6 Å². The summed E-state index contributed by atoms with van der Waals surface area (Å²) < 4.78 is 0. The lowest BCUT2D eigenvalue weighted by Crippen LogP contribution is -2.33. The van der Waals surface area contributed by atoms with Gasteiger partial charge in [0.15, 0.2) is 0 Å². The number of nitrogens with one attached hydrogen (secondary N) is 1. The van der Waals surface area contributed by atoms with E-state index in [0.717, 1.165) is 25.2 Å². The third-order valence-electron chi connectivity index (χ3n) is 4.16. The topological polar surface area (TPSA) is 15.3 Å². The first-order valence-corrected chi connectivity index (χ1v) is 7.21. The Morgan fingerprint density at radius 1 is 1.50 bits per heavy atom. The molecule has 1 aromatic heterocycles. The molecule has 2 nitrogen and oxygen atoms in total. The third-order valence-corrected chi connectivity index (χ3v) is 5.34. The molecule has 0 spiro atoms. The van der Waals surface area contributed by atoms with Crippen molar-refractivity contribution in [2.45, 2.75) is 44.8 Å². The molecule has 2 unspecified atom stereocenters. The quantitative estimate of drug-likeness (QED) is 0.867. The highest BCUT2D eigenvalue weighted by molar-refractivity contribution is 7.10. The van der Waals surface area contributed by atoms with E-state index in [0.29, 0.717) is 0 Å². The molecule has 0 radical (unpaired) electrons. The summed E-state index contributed by atoms with van der Waals surface area (Å²) >= 11 is 1.98. The van der Waals surface area contributed by atoms with E-state index in [-0.39, 0.29) is 0 Å². The van der Waals surface area contributed by atoms with Gasteiger partial charge in [0, 0.05) is 23.5 Å². The molecule has 16 heavy (non-hydrogen) atoms. The van der Waals surface area contributed by atoms with Crippen LogP contribution in [0.2, 0.25) is 0 Å². The number of hydrogen-bond acceptors (Lipinski definition) is 3. The second kappa shape index (κ2) is 4.13. The van der Waals surface area contributed by atoms with Crippen molar-refractivity contribution in [2.24, 2.45) is 0 Å². The zero-order valence-corrected chi connectivity index (χ0v) is 10.9. The summed E-state index contributed by atoms with van der Waals surface area (Å²) in [6, 6.07) is 1.54. The van der Waals surface area contributed by atoms with E-state index in [1.165, 1.54) is 19.3 Å². The Bertz CT molecular complexity index is 385. The summed E-state index contributed by atoms with van der Waals surface area (Å²) in [5.41, 5.74) is 3.24. The normalized spacial score (nSPS) is 28.4. The first-order valence-electron chi connectivity index (χ1n) is 6.33. The van der Waals surface area contributed by atoms with E-state index >= 15 is 0 Å². The molecule has 0 amide bonds. The molecule has 2 aliphatic rings. The van der Waals surface area contributed by atoms with E-state index in [1.807, 2.05) is 11.3 Å². The Morgan fingerprint density at radius 3 is 3.19 bits per heavy atom. The van der Waals surface area contributed by atoms with Crippen LogP contribution >= 0.6 is 11.3 Å². The molecule has 2 atom stereocenters. The summed E-state index contributed by atoms with van der Waals surface area (Å²) in [5, 5.41) is 5.83. The van der Waals surface area contributed by atoms with E-state index in [4.69, 9.17) is 0 Å². The maximum absolute atomic E-state index is 3.46. The molecule has 1 N–H and O–H groups in total. The Morgan fingerprint density at radius 2 is 2.38 bits per heavy atom. The van der Waals surface area contributed by atoms with Gasteiger partial charge in [-0.3, -0.25) is 4.90 Å². The van der Waals surface area contributed by atoms with Gasteiger partial charge in [0.1, 0.15) is 0 Å². The number of nitrogens with zero attached hydrogens (tertiary/aromatic N) is 1. The predicted octanol–water partition coefficient (Wildman–Crippen LogP) is 2.55. The molecule has 1 saturated heterocycles. The smallest absolute Gasteiger partial charge is 0.0445 e. The molecule has 3 rings (SSSR count). The number of thiophene rings is 1. The molecule has 1 aromatic rings. The zero-order chi connectivity index (χ0) is 11.1. The Labute approximate surface area is 102 Å². The predicted molar refractivity (Wildman–Crippen MR) is 68.9 cm³/mol. The highest BCUT2D eigenvalue weighted by Crippen LogP contribution is 2.46. The second-order valence-electron chi connectivity index (χ2n) is 5.00. The maximum Gasteiger partial charge on any atom is 0.0445 e. The van der Waals surface area contributed by atoms with Gasteiger partial charge < -0.3 is 5.32 Å². The first-order chi connectivity index (χ1) is 7.81. The van der Waals surface area contributed by atoms with Gasteiger partial charge in [-0.05, 0) is 49.4 Å². The van der Waals surface area contributed by atoms with Crippen molar-refractivity contribution in [1.82, 2.24) is 10.2 Å². The third kappa shape index (κ3) is 1.53. The minimum Gasteiger partial charge on any atom is -0.313 e. The van der Waals surface area contributed by atoms with Crippen molar-refractivity contribution in [3.05, 3.63) is 21.4 Å². The van der Waals surface area contributed by atoms with Gasteiger partial charge in [-0.1, -0.05) is 6.92 Å². The Hall–Kier alpha value is -0.380. The molecule has 0 aliphatic carbocycles. The van der Waals surface area contributed by atoms with Crippen molar-refractivity contribution < 1.29 is 0 Å². The summed E-state index contributed by atoms with van der Waals surface area (Å²) in [7, 11) is 2.30. The van der Waals surface area contributed by atoms with Gasteiger partial charge in [-0.2, -0.15) is 0 Å². The average molecular weight is 236 g/mol. The van der Waals surface area contributed by atoms with Gasteiger partial charge in [0.2, 0.25) is 0 Å². The van der Waals surface area contributed by atoms with Crippen molar-refractivity contribution in [3.8, 4) is 0 Å². The van der Waals surface area contributed by atoms with Crippen molar-refractivity contribution in [3.63, 3.8) is 0 Å². The molecule has 0 saturated carbocycles. The van der Waals surface area contributed by atoms with Gasteiger partial charge in [-0.15, -0.1) is 11.3 Å². The number of likely N-dealkylation sites (N-methyl/N-ethyl adjacent to an activating group) is 1. The van der Waals surface area contributed by atoms with E-state index < -0.39 is 0 Å². The standard InChI is InChI=1S/C13H20N2S/c1-3-14-7-9-8-16-13-11(9)6-10-4-5-12(13)15(10)2/h8,10,12,14H,3-7H2,1-2H3. The van der Waals surface area contributed by atoms with Crippen LogP contribution in [0.1, 0.15) is 41.8 Å². The van der Waals surface area contributed by atoms with Crippen molar-refractivity contribution >= 4 is 11.3 Å². The molecule has 0 aromatic carbocycles. The van der Waals surface area contributed by atoms with Crippen LogP contribution in [0.15, 0.2) is 5.38 Å². The van der Waals surface area contributed by atoms with Crippen LogP contribution in [0.4, 0.5) is 0 Å². The largest absolute Gasteiger partial charge is 0.313 e. The highest BCUT2D eigenvalue weighted by Gasteiger charge is 2.39. The fourth-order valence-electron chi connectivity index (χ4n) is 3.16. The second-order valence-corrected chi connectivity index (χ2v) is 5.91. The van der Waals surface area contributed by atoms with Crippen LogP contribution in [-0.4, -0.2) is 24.5 Å². The molecule has 3 heteroatoms. The molecule has 2 bridgehead atoms. The fourth-order valence-corrected chi connectivity index (χ4v) is 4.46. The maximum atomic E-state index is 3.46. The molecule has 88 valence electrons. The summed E-state index contributed by atoms with van der Waals surface area (Å²) in [5.74, 6) is 0. The van der Waals surface area contributed by atoms with Crippen LogP contribution in [0, 0.1) is 0 Å². The van der Waals surface area contributed by atoms with Crippen molar-refractivity contribution in [2.75, 3.05) is 13.6 Å². The Kier molecular flexibility index (Phi) is 2.78. The molecule has 2 aliphatic heterocycles. The summed E-state index contributed by atoms with van der Waals surface area (Å²) in [6.45, 7) is 4.30. The first kappa shape index (κ1) is 10.8. The Balaban J connectivity index is 1.90. The van der Waals surface area contributed by atoms with Crippen LogP contribution < -0.4 is 5.32 Å². The summed E-state index contributed by atoms with van der Waals surface area (Å²) in [4.78, 5) is 4.25. The number of hydrogen-bond donors (Lipinski definition) is 1. The summed E-state index contributed by atoms with van der Waals surface area (Å²) in [6.07, 6.45) is 4.05. The van der Waals surface area contributed by atoms with Gasteiger partial charge >= 0.3 is 0 Å². The van der Waals surface area contributed by atoms with Crippen molar-refractivity contribution in [1.29, 1.82) is 0 Å². The minimum absolute atomic E-state index is 0.731. The number of rotatable bonds is 3.